The van der Waals surface area contributed by atoms with Gasteiger partial charge in [0.15, 0.2) is 5.17 Å². The van der Waals surface area contributed by atoms with Gasteiger partial charge in [0.1, 0.15) is 5.03 Å². The van der Waals surface area contributed by atoms with Crippen LogP contribution < -0.4 is 10.6 Å². The number of hydrogen-bond acceptors (Lipinski definition) is 5. The van der Waals surface area contributed by atoms with E-state index in [0.717, 1.165) is 16.9 Å². The van der Waals surface area contributed by atoms with Crippen molar-refractivity contribution >= 4 is 28.3 Å². The van der Waals surface area contributed by atoms with Gasteiger partial charge in [-0.25, -0.2) is 0 Å². The minimum atomic E-state index is 0.420. The topological polar surface area (TPSA) is 66.3 Å². The Labute approximate surface area is 118 Å². The molecular weight excluding hydrogens is 258 g/mol. The van der Waals surface area contributed by atoms with Gasteiger partial charge >= 0.3 is 0 Å². The third kappa shape index (κ3) is 4.75. The molecule has 0 heterocycles. The fourth-order valence-corrected chi connectivity index (χ4v) is 1.92. The lowest BCUT2D eigenvalue weighted by Gasteiger charge is -2.15. The van der Waals surface area contributed by atoms with Crippen molar-refractivity contribution in [3.05, 3.63) is 35.4 Å². The first kappa shape index (κ1) is 15.2. The normalized spacial score (nSPS) is 11.9. The van der Waals surface area contributed by atoms with Crippen molar-refractivity contribution in [1.29, 1.82) is 0 Å². The van der Waals surface area contributed by atoms with Crippen LogP contribution in [0.5, 0.6) is 0 Å². The number of hydrogen-bond donors (Lipinski definition) is 1. The van der Waals surface area contributed by atoms with Crippen molar-refractivity contribution in [3.63, 3.8) is 0 Å². The van der Waals surface area contributed by atoms with Gasteiger partial charge in [0, 0.05) is 26.8 Å². The molecular formula is C13H19N5S. The smallest absolute Gasteiger partial charge is 0.160 e. The predicted molar refractivity (Wildman–Crippen MR) is 84.3 cm³/mol. The zero-order chi connectivity index (χ0) is 14.4. The van der Waals surface area contributed by atoms with E-state index in [-0.39, 0.29) is 0 Å². The van der Waals surface area contributed by atoms with Crippen LogP contribution >= 0.6 is 11.8 Å². The Kier molecular flexibility index (Phi) is 5.57. The van der Waals surface area contributed by atoms with Gasteiger partial charge in [-0.3, -0.25) is 4.99 Å². The molecule has 19 heavy (non-hydrogen) atoms. The molecule has 0 aliphatic rings. The van der Waals surface area contributed by atoms with Crippen molar-refractivity contribution in [2.45, 2.75) is 6.92 Å². The quantitative estimate of drug-likeness (QED) is 0.521. The number of benzene rings is 1. The molecule has 0 atom stereocenters. The fraction of sp³-hybridized carbons (Fsp3) is 0.308. The van der Waals surface area contributed by atoms with E-state index in [0.29, 0.717) is 10.2 Å². The first-order valence-electron chi connectivity index (χ1n) is 5.72. The highest BCUT2D eigenvalue weighted by atomic mass is 32.2. The maximum Gasteiger partial charge on any atom is 0.160 e. The highest BCUT2D eigenvalue weighted by molar-refractivity contribution is 8.17. The maximum atomic E-state index is 5.57. The van der Waals surface area contributed by atoms with Gasteiger partial charge in [-0.15, -0.1) is 5.11 Å². The maximum absolute atomic E-state index is 5.57. The summed E-state index contributed by atoms with van der Waals surface area (Å²) in [7, 11) is 5.64. The zero-order valence-corrected chi connectivity index (χ0v) is 12.5. The van der Waals surface area contributed by atoms with Gasteiger partial charge in [-0.05, 0) is 42.4 Å². The summed E-state index contributed by atoms with van der Waals surface area (Å²) < 4.78 is 0. The lowest BCUT2D eigenvalue weighted by Crippen LogP contribution is -2.09. The van der Waals surface area contributed by atoms with Crippen molar-refractivity contribution in [1.82, 2.24) is 0 Å². The molecule has 0 radical (unpaired) electrons. The fourth-order valence-electron chi connectivity index (χ4n) is 1.50. The molecule has 0 aromatic heterocycles. The van der Waals surface area contributed by atoms with Crippen molar-refractivity contribution in [2.24, 2.45) is 21.0 Å². The molecule has 6 heteroatoms. The van der Waals surface area contributed by atoms with Gasteiger partial charge in [0.05, 0.1) is 5.69 Å². The van der Waals surface area contributed by atoms with Crippen LogP contribution in [0.15, 0.2) is 45.0 Å². The molecule has 0 unspecified atom stereocenters. The Morgan fingerprint density at radius 2 is 2.05 bits per heavy atom. The van der Waals surface area contributed by atoms with Crippen LogP contribution in [0, 0.1) is 6.92 Å². The van der Waals surface area contributed by atoms with Gasteiger partial charge < -0.3 is 10.6 Å². The summed E-state index contributed by atoms with van der Waals surface area (Å²) in [5.41, 5.74) is 8.66. The van der Waals surface area contributed by atoms with Crippen molar-refractivity contribution in [3.8, 4) is 0 Å². The second-order valence-electron chi connectivity index (χ2n) is 4.12. The molecule has 1 aromatic carbocycles. The molecule has 102 valence electrons. The first-order chi connectivity index (χ1) is 8.93. The minimum absolute atomic E-state index is 0.420. The third-order valence-electron chi connectivity index (χ3n) is 2.38. The number of thioether (sulfide) groups is 1. The SMILES string of the molecule is C=C(N=Nc1ccc(N(C)C)c(C)c1)SC(N)=NC. The summed E-state index contributed by atoms with van der Waals surface area (Å²) in [4.78, 5) is 5.88. The lowest BCUT2D eigenvalue weighted by atomic mass is 10.1. The average molecular weight is 277 g/mol. The number of aliphatic imine (C=N–C) groups is 1. The molecule has 0 saturated carbocycles. The number of nitrogens with two attached hydrogens (primary N) is 1. The molecule has 1 rings (SSSR count). The van der Waals surface area contributed by atoms with Crippen LogP contribution in [-0.4, -0.2) is 26.3 Å². The van der Waals surface area contributed by atoms with Gasteiger partial charge in [-0.2, -0.15) is 5.11 Å². The molecule has 0 fully saturated rings. The van der Waals surface area contributed by atoms with Crippen LogP contribution in [0.25, 0.3) is 0 Å². The molecule has 0 aliphatic heterocycles. The zero-order valence-electron chi connectivity index (χ0n) is 11.7. The molecule has 0 amide bonds. The minimum Gasteiger partial charge on any atom is -0.378 e. The first-order valence-corrected chi connectivity index (χ1v) is 6.54. The molecule has 2 N–H and O–H groups in total. The second kappa shape index (κ2) is 6.94. The largest absolute Gasteiger partial charge is 0.378 e. The summed E-state index contributed by atoms with van der Waals surface area (Å²) in [5, 5.41) is 9.08. The van der Waals surface area contributed by atoms with Crippen LogP contribution in [0.1, 0.15) is 5.56 Å². The van der Waals surface area contributed by atoms with Gasteiger partial charge in [0.25, 0.3) is 0 Å². The number of aryl methyl sites for hydroxylation is 1. The average Bonchev–Trinajstić information content (AvgIpc) is 2.35. The summed E-state index contributed by atoms with van der Waals surface area (Å²) in [6.45, 7) is 5.80. The van der Waals surface area contributed by atoms with Crippen molar-refractivity contribution < 1.29 is 0 Å². The Bertz CT molecular complexity index is 520. The molecule has 1 aromatic rings. The van der Waals surface area contributed by atoms with Crippen molar-refractivity contribution in [2.75, 3.05) is 26.0 Å². The van der Waals surface area contributed by atoms with E-state index in [1.165, 1.54) is 11.8 Å². The number of amidine groups is 1. The molecule has 0 spiro atoms. The van der Waals surface area contributed by atoms with Gasteiger partial charge in [0.2, 0.25) is 0 Å². The van der Waals surface area contributed by atoms with E-state index in [2.05, 4.69) is 26.7 Å². The monoisotopic (exact) mass is 277 g/mol. The van der Waals surface area contributed by atoms with E-state index in [1.807, 2.05) is 39.2 Å². The highest BCUT2D eigenvalue weighted by Crippen LogP contribution is 2.25. The summed E-state index contributed by atoms with van der Waals surface area (Å²) in [6, 6.07) is 5.91. The standard InChI is InChI=1S/C13H19N5S/c1-9-8-11(6-7-12(9)18(4)5)17-16-10(2)19-13(14)15-3/h6-8H,2H2,1,3-5H3,(H2,14,15). The highest BCUT2D eigenvalue weighted by Gasteiger charge is 2.02. The Hall–Kier alpha value is -1.82. The summed E-state index contributed by atoms with van der Waals surface area (Å²) in [6.07, 6.45) is 0. The van der Waals surface area contributed by atoms with Gasteiger partial charge in [-0.1, -0.05) is 6.58 Å². The van der Waals surface area contributed by atoms with Crippen LogP contribution in [0.2, 0.25) is 0 Å². The van der Waals surface area contributed by atoms with E-state index in [9.17, 15) is 0 Å². The Balaban J connectivity index is 2.78. The van der Waals surface area contributed by atoms with Crippen LogP contribution in [0.3, 0.4) is 0 Å². The van der Waals surface area contributed by atoms with Crippen LogP contribution in [-0.2, 0) is 0 Å². The summed E-state index contributed by atoms with van der Waals surface area (Å²) in [5.74, 6) is 0. The van der Waals surface area contributed by atoms with E-state index in [4.69, 9.17) is 5.73 Å². The second-order valence-corrected chi connectivity index (χ2v) is 5.22. The third-order valence-corrected chi connectivity index (χ3v) is 3.09. The molecule has 0 aliphatic carbocycles. The van der Waals surface area contributed by atoms with E-state index in [1.54, 1.807) is 7.05 Å². The summed E-state index contributed by atoms with van der Waals surface area (Å²) >= 11 is 1.20. The number of rotatable bonds is 4. The number of azo groups is 1. The Morgan fingerprint density at radius 1 is 1.37 bits per heavy atom. The molecule has 0 bridgehead atoms. The number of nitrogens with zero attached hydrogens (tertiary/aromatic N) is 4. The lowest BCUT2D eigenvalue weighted by molar-refractivity contribution is 1.11. The van der Waals surface area contributed by atoms with E-state index >= 15 is 0 Å². The van der Waals surface area contributed by atoms with E-state index < -0.39 is 0 Å². The molecule has 5 nitrogen and oxygen atoms in total. The molecule has 0 saturated heterocycles. The van der Waals surface area contributed by atoms with Crippen LogP contribution in [0.4, 0.5) is 11.4 Å². The predicted octanol–water partition coefficient (Wildman–Crippen LogP) is 3.29. The Morgan fingerprint density at radius 3 is 2.58 bits per heavy atom. The number of anilines is 1.